The number of amides is 1. The molecule has 3 N–H and O–H groups in total. The molecular weight excluding hydrogens is 276 g/mol. The van der Waals surface area contributed by atoms with Crippen molar-refractivity contribution in [2.45, 2.75) is 58.4 Å². The van der Waals surface area contributed by atoms with Crippen molar-refractivity contribution in [1.29, 1.82) is 0 Å². The fraction of sp³-hybridized carbons (Fsp3) is 0.611. The number of hydrogen-bond donors (Lipinski definition) is 2. The SMILES string of the molecule is CCCCCCCCC(=O)NCc1ccc(OCCN)cc1. The predicted octanol–water partition coefficient (Wildman–Crippen LogP) is 3.39. The van der Waals surface area contributed by atoms with Crippen LogP contribution < -0.4 is 15.8 Å². The van der Waals surface area contributed by atoms with Gasteiger partial charge in [0.05, 0.1) is 0 Å². The summed E-state index contributed by atoms with van der Waals surface area (Å²) in [6.45, 7) is 3.82. The van der Waals surface area contributed by atoms with E-state index in [2.05, 4.69) is 12.2 Å². The van der Waals surface area contributed by atoms with Crippen molar-refractivity contribution in [1.82, 2.24) is 5.32 Å². The molecule has 0 saturated carbocycles. The zero-order valence-corrected chi connectivity index (χ0v) is 13.8. The van der Waals surface area contributed by atoms with E-state index in [-0.39, 0.29) is 5.91 Å². The minimum Gasteiger partial charge on any atom is -0.492 e. The molecule has 0 unspecified atom stereocenters. The third kappa shape index (κ3) is 8.67. The monoisotopic (exact) mass is 306 g/mol. The van der Waals surface area contributed by atoms with E-state index in [0.29, 0.717) is 26.1 Å². The molecule has 0 heterocycles. The van der Waals surface area contributed by atoms with Gasteiger partial charge >= 0.3 is 0 Å². The van der Waals surface area contributed by atoms with Crippen LogP contribution in [0.15, 0.2) is 24.3 Å². The number of ether oxygens (including phenoxy) is 1. The van der Waals surface area contributed by atoms with Crippen molar-refractivity contribution >= 4 is 5.91 Å². The van der Waals surface area contributed by atoms with E-state index in [4.69, 9.17) is 10.5 Å². The Kier molecular flexibility index (Phi) is 10.1. The minimum absolute atomic E-state index is 0.138. The molecule has 0 spiro atoms. The van der Waals surface area contributed by atoms with Gasteiger partial charge in [-0.2, -0.15) is 0 Å². The van der Waals surface area contributed by atoms with Gasteiger partial charge in [-0.05, 0) is 24.1 Å². The van der Waals surface area contributed by atoms with E-state index in [1.54, 1.807) is 0 Å². The van der Waals surface area contributed by atoms with Gasteiger partial charge in [0.2, 0.25) is 5.91 Å². The first-order chi connectivity index (χ1) is 10.8. The number of hydrogen-bond acceptors (Lipinski definition) is 3. The second-order valence-corrected chi connectivity index (χ2v) is 5.58. The molecule has 22 heavy (non-hydrogen) atoms. The van der Waals surface area contributed by atoms with E-state index < -0.39 is 0 Å². The Morgan fingerprint density at radius 1 is 1.09 bits per heavy atom. The zero-order valence-electron chi connectivity index (χ0n) is 13.8. The van der Waals surface area contributed by atoms with Gasteiger partial charge in [-0.15, -0.1) is 0 Å². The zero-order chi connectivity index (χ0) is 16.0. The number of nitrogens with one attached hydrogen (secondary N) is 1. The standard InChI is InChI=1S/C18H30N2O2/c1-2-3-4-5-6-7-8-18(21)20-15-16-9-11-17(12-10-16)22-14-13-19/h9-12H,2-8,13-15,19H2,1H3,(H,20,21). The summed E-state index contributed by atoms with van der Waals surface area (Å²) in [6.07, 6.45) is 7.86. The Bertz CT molecular complexity index is 404. The number of benzene rings is 1. The molecule has 0 aromatic heterocycles. The number of rotatable bonds is 12. The molecule has 0 aliphatic carbocycles. The summed E-state index contributed by atoms with van der Waals surface area (Å²) in [5, 5.41) is 2.96. The molecule has 1 aromatic rings. The van der Waals surface area contributed by atoms with E-state index in [0.717, 1.165) is 24.2 Å². The quantitative estimate of drug-likeness (QED) is 0.582. The van der Waals surface area contributed by atoms with E-state index in [9.17, 15) is 4.79 Å². The van der Waals surface area contributed by atoms with Gasteiger partial charge in [0.1, 0.15) is 12.4 Å². The molecule has 1 amide bonds. The van der Waals surface area contributed by atoms with Gasteiger partial charge in [-0.1, -0.05) is 51.2 Å². The lowest BCUT2D eigenvalue weighted by Gasteiger charge is -2.07. The van der Waals surface area contributed by atoms with Crippen molar-refractivity contribution in [2.75, 3.05) is 13.2 Å². The van der Waals surface area contributed by atoms with Gasteiger partial charge in [0.25, 0.3) is 0 Å². The van der Waals surface area contributed by atoms with Crippen LogP contribution in [0.1, 0.15) is 57.4 Å². The van der Waals surface area contributed by atoms with Crippen LogP contribution in [0.4, 0.5) is 0 Å². The van der Waals surface area contributed by atoms with Crippen molar-refractivity contribution < 1.29 is 9.53 Å². The van der Waals surface area contributed by atoms with Crippen LogP contribution in [-0.2, 0) is 11.3 Å². The molecule has 1 aromatic carbocycles. The fourth-order valence-electron chi connectivity index (χ4n) is 2.24. The third-order valence-electron chi connectivity index (χ3n) is 3.56. The van der Waals surface area contributed by atoms with Crippen molar-refractivity contribution in [3.8, 4) is 5.75 Å². The first-order valence-electron chi connectivity index (χ1n) is 8.44. The molecule has 0 atom stereocenters. The van der Waals surface area contributed by atoms with Crippen LogP contribution in [0.25, 0.3) is 0 Å². The van der Waals surface area contributed by atoms with Gasteiger partial charge in [0, 0.05) is 19.5 Å². The summed E-state index contributed by atoms with van der Waals surface area (Å²) < 4.78 is 5.42. The van der Waals surface area contributed by atoms with Crippen LogP contribution in [-0.4, -0.2) is 19.1 Å². The molecule has 124 valence electrons. The highest BCUT2D eigenvalue weighted by atomic mass is 16.5. The Morgan fingerprint density at radius 3 is 2.45 bits per heavy atom. The van der Waals surface area contributed by atoms with Gasteiger partial charge < -0.3 is 15.8 Å². The summed E-state index contributed by atoms with van der Waals surface area (Å²) in [5.41, 5.74) is 6.47. The van der Waals surface area contributed by atoms with Crippen LogP contribution in [0, 0.1) is 0 Å². The summed E-state index contributed by atoms with van der Waals surface area (Å²) in [7, 11) is 0. The van der Waals surface area contributed by atoms with E-state index in [1.165, 1.54) is 25.7 Å². The first-order valence-corrected chi connectivity index (χ1v) is 8.44. The topological polar surface area (TPSA) is 64.3 Å². The maximum absolute atomic E-state index is 11.8. The molecule has 0 radical (unpaired) electrons. The van der Waals surface area contributed by atoms with Gasteiger partial charge in [0.15, 0.2) is 0 Å². The third-order valence-corrected chi connectivity index (χ3v) is 3.56. The number of unbranched alkanes of at least 4 members (excludes halogenated alkanes) is 5. The summed E-state index contributed by atoms with van der Waals surface area (Å²) in [6, 6.07) is 7.75. The summed E-state index contributed by atoms with van der Waals surface area (Å²) >= 11 is 0. The average Bonchev–Trinajstić information content (AvgIpc) is 2.55. The normalized spacial score (nSPS) is 10.5. The Labute approximate surface area is 134 Å². The highest BCUT2D eigenvalue weighted by Gasteiger charge is 2.02. The predicted molar refractivity (Wildman–Crippen MR) is 90.8 cm³/mol. The molecule has 4 heteroatoms. The van der Waals surface area contributed by atoms with Crippen LogP contribution >= 0.6 is 0 Å². The van der Waals surface area contributed by atoms with Crippen LogP contribution in [0.2, 0.25) is 0 Å². The maximum atomic E-state index is 11.8. The molecule has 0 bridgehead atoms. The van der Waals surface area contributed by atoms with E-state index in [1.807, 2.05) is 24.3 Å². The second-order valence-electron chi connectivity index (χ2n) is 5.58. The molecule has 0 aliphatic rings. The molecular formula is C18H30N2O2. The molecule has 0 saturated heterocycles. The smallest absolute Gasteiger partial charge is 0.220 e. The first kappa shape index (κ1) is 18.5. The molecule has 4 nitrogen and oxygen atoms in total. The second kappa shape index (κ2) is 12.0. The minimum atomic E-state index is 0.138. The van der Waals surface area contributed by atoms with Crippen LogP contribution in [0.5, 0.6) is 5.75 Å². The lowest BCUT2D eigenvalue weighted by molar-refractivity contribution is -0.121. The highest BCUT2D eigenvalue weighted by molar-refractivity contribution is 5.75. The van der Waals surface area contributed by atoms with Crippen molar-refractivity contribution in [3.05, 3.63) is 29.8 Å². The summed E-state index contributed by atoms with van der Waals surface area (Å²) in [5.74, 6) is 0.951. The number of carbonyl (C=O) groups is 1. The summed E-state index contributed by atoms with van der Waals surface area (Å²) in [4.78, 5) is 11.8. The highest BCUT2D eigenvalue weighted by Crippen LogP contribution is 2.12. The molecule has 1 rings (SSSR count). The Balaban J connectivity index is 2.12. The van der Waals surface area contributed by atoms with Crippen molar-refractivity contribution in [3.63, 3.8) is 0 Å². The fourth-order valence-corrected chi connectivity index (χ4v) is 2.24. The van der Waals surface area contributed by atoms with Gasteiger partial charge in [-0.3, -0.25) is 4.79 Å². The van der Waals surface area contributed by atoms with E-state index >= 15 is 0 Å². The average molecular weight is 306 g/mol. The molecule has 0 fully saturated rings. The van der Waals surface area contributed by atoms with Crippen LogP contribution in [0.3, 0.4) is 0 Å². The number of carbonyl (C=O) groups excluding carboxylic acids is 1. The Hall–Kier alpha value is -1.55. The Morgan fingerprint density at radius 2 is 1.77 bits per heavy atom. The van der Waals surface area contributed by atoms with Crippen molar-refractivity contribution in [2.24, 2.45) is 5.73 Å². The van der Waals surface area contributed by atoms with Gasteiger partial charge in [-0.25, -0.2) is 0 Å². The lowest BCUT2D eigenvalue weighted by Crippen LogP contribution is -2.22. The number of nitrogens with two attached hydrogens (primary N) is 1. The molecule has 0 aliphatic heterocycles. The lowest BCUT2D eigenvalue weighted by atomic mass is 10.1. The largest absolute Gasteiger partial charge is 0.492 e. The maximum Gasteiger partial charge on any atom is 0.220 e.